The number of nitrogens with two attached hydrogens (primary N) is 1. The van der Waals surface area contributed by atoms with Gasteiger partial charge in [0.25, 0.3) is 0 Å². The van der Waals surface area contributed by atoms with Crippen molar-refractivity contribution >= 4 is 29.0 Å². The van der Waals surface area contributed by atoms with Crippen LogP contribution in [0.15, 0.2) is 41.6 Å². The molecule has 0 aliphatic rings. The average Bonchev–Trinajstić information content (AvgIpc) is 2.46. The van der Waals surface area contributed by atoms with Gasteiger partial charge in [0.15, 0.2) is 5.84 Å². The second-order valence-corrected chi connectivity index (χ2v) is 5.33. The minimum Gasteiger partial charge on any atom is -0.487 e. The van der Waals surface area contributed by atoms with Crippen molar-refractivity contribution in [2.24, 2.45) is 10.9 Å². The molecule has 4 nitrogen and oxygen atoms in total. The maximum absolute atomic E-state index is 8.63. The highest BCUT2D eigenvalue weighted by Gasteiger charge is 2.07. The molecule has 0 saturated heterocycles. The molecule has 0 aliphatic carbocycles. The molecule has 0 aliphatic heterocycles. The van der Waals surface area contributed by atoms with Crippen molar-refractivity contribution in [3.05, 3.63) is 63.1 Å². The van der Waals surface area contributed by atoms with Crippen molar-refractivity contribution in [3.8, 4) is 5.75 Å². The van der Waals surface area contributed by atoms with Crippen LogP contribution in [0.3, 0.4) is 0 Å². The van der Waals surface area contributed by atoms with Crippen molar-refractivity contribution in [2.75, 3.05) is 0 Å². The molecule has 110 valence electrons. The summed E-state index contributed by atoms with van der Waals surface area (Å²) in [5.74, 6) is 0.493. The Labute approximate surface area is 132 Å². The molecule has 0 unspecified atom stereocenters. The molecule has 0 spiro atoms. The minimum atomic E-state index is -0.00923. The highest BCUT2D eigenvalue weighted by Crippen LogP contribution is 2.27. The molecule has 2 aromatic rings. The molecule has 0 saturated carbocycles. The summed E-state index contributed by atoms with van der Waals surface area (Å²) in [5.41, 5.74) is 7.97. The Kier molecular flexibility index (Phi) is 4.94. The van der Waals surface area contributed by atoms with Gasteiger partial charge in [-0.3, -0.25) is 0 Å². The van der Waals surface area contributed by atoms with E-state index < -0.39 is 0 Å². The Morgan fingerprint density at radius 3 is 2.57 bits per heavy atom. The normalized spacial score (nSPS) is 11.5. The molecule has 0 fully saturated rings. The summed E-state index contributed by atoms with van der Waals surface area (Å²) < 4.78 is 5.65. The molecule has 0 amide bonds. The smallest absolute Gasteiger partial charge is 0.170 e. The number of aryl methyl sites for hydroxylation is 1. The largest absolute Gasteiger partial charge is 0.487 e. The topological polar surface area (TPSA) is 67.8 Å². The van der Waals surface area contributed by atoms with Crippen LogP contribution in [-0.2, 0) is 6.61 Å². The molecular formula is C15H14Cl2N2O2. The van der Waals surface area contributed by atoms with E-state index >= 15 is 0 Å². The van der Waals surface area contributed by atoms with Crippen LogP contribution in [0.25, 0.3) is 0 Å². The summed E-state index contributed by atoms with van der Waals surface area (Å²) in [4.78, 5) is 0. The van der Waals surface area contributed by atoms with Gasteiger partial charge in [0.05, 0.1) is 5.02 Å². The predicted molar refractivity (Wildman–Crippen MR) is 84.5 cm³/mol. The van der Waals surface area contributed by atoms with Gasteiger partial charge in [-0.1, -0.05) is 40.5 Å². The first-order valence-electron chi connectivity index (χ1n) is 6.16. The van der Waals surface area contributed by atoms with Crippen molar-refractivity contribution in [2.45, 2.75) is 13.5 Å². The Morgan fingerprint density at radius 2 is 1.95 bits per heavy atom. The van der Waals surface area contributed by atoms with E-state index in [2.05, 4.69) is 5.16 Å². The summed E-state index contributed by atoms with van der Waals surface area (Å²) in [5, 5.41) is 12.6. The van der Waals surface area contributed by atoms with E-state index in [0.717, 1.165) is 11.1 Å². The van der Waals surface area contributed by atoms with Crippen LogP contribution in [0.4, 0.5) is 0 Å². The summed E-state index contributed by atoms with van der Waals surface area (Å²) >= 11 is 12.3. The lowest BCUT2D eigenvalue weighted by Crippen LogP contribution is -2.12. The van der Waals surface area contributed by atoms with E-state index in [-0.39, 0.29) is 5.84 Å². The van der Waals surface area contributed by atoms with Crippen LogP contribution in [0.2, 0.25) is 10.0 Å². The van der Waals surface area contributed by atoms with Gasteiger partial charge in [0, 0.05) is 16.1 Å². The lowest BCUT2D eigenvalue weighted by atomic mass is 10.1. The van der Waals surface area contributed by atoms with Crippen molar-refractivity contribution < 1.29 is 9.94 Å². The van der Waals surface area contributed by atoms with Gasteiger partial charge in [-0.25, -0.2) is 0 Å². The van der Waals surface area contributed by atoms with Crippen LogP contribution in [0.5, 0.6) is 5.75 Å². The van der Waals surface area contributed by atoms with Crippen LogP contribution >= 0.6 is 23.2 Å². The number of benzene rings is 2. The summed E-state index contributed by atoms with van der Waals surface area (Å²) in [6, 6.07) is 10.7. The first kappa shape index (κ1) is 15.5. The third kappa shape index (κ3) is 3.80. The van der Waals surface area contributed by atoms with E-state index in [1.165, 1.54) is 0 Å². The van der Waals surface area contributed by atoms with E-state index in [4.69, 9.17) is 38.9 Å². The number of hydrogen-bond acceptors (Lipinski definition) is 3. The quantitative estimate of drug-likeness (QED) is 0.387. The number of rotatable bonds is 4. The van der Waals surface area contributed by atoms with E-state index in [9.17, 15) is 0 Å². The summed E-state index contributed by atoms with van der Waals surface area (Å²) in [7, 11) is 0. The number of halogens is 2. The number of nitrogens with zero attached hydrogens (tertiary/aromatic N) is 1. The molecule has 0 atom stereocenters. The molecule has 2 rings (SSSR count). The molecule has 21 heavy (non-hydrogen) atoms. The first-order chi connectivity index (χ1) is 10.0. The van der Waals surface area contributed by atoms with Gasteiger partial charge < -0.3 is 15.7 Å². The lowest BCUT2D eigenvalue weighted by molar-refractivity contribution is 0.306. The molecule has 6 heteroatoms. The standard InChI is InChI=1S/C15H14Cl2N2O2/c1-9-2-3-11(12(16)6-9)8-21-14-5-4-10(7-13(14)17)15(18)19-20/h2-7,20H,8H2,1H3,(H2,18,19). The molecular weight excluding hydrogens is 311 g/mol. The Bertz CT molecular complexity index is 687. The molecule has 3 N–H and O–H groups in total. The monoisotopic (exact) mass is 324 g/mol. The second kappa shape index (κ2) is 6.70. The van der Waals surface area contributed by atoms with Crippen molar-refractivity contribution in [1.82, 2.24) is 0 Å². The summed E-state index contributed by atoms with van der Waals surface area (Å²) in [6.45, 7) is 2.28. The number of ether oxygens (including phenoxy) is 1. The van der Waals surface area contributed by atoms with Crippen LogP contribution in [-0.4, -0.2) is 11.0 Å². The van der Waals surface area contributed by atoms with E-state index in [1.54, 1.807) is 18.2 Å². The highest BCUT2D eigenvalue weighted by molar-refractivity contribution is 6.32. The fourth-order valence-electron chi connectivity index (χ4n) is 1.76. The Morgan fingerprint density at radius 1 is 1.19 bits per heavy atom. The highest BCUT2D eigenvalue weighted by atomic mass is 35.5. The van der Waals surface area contributed by atoms with Crippen molar-refractivity contribution in [1.29, 1.82) is 0 Å². The average molecular weight is 325 g/mol. The predicted octanol–water partition coefficient (Wildman–Crippen LogP) is 3.98. The first-order valence-corrected chi connectivity index (χ1v) is 6.92. The van der Waals surface area contributed by atoms with Crippen LogP contribution in [0, 0.1) is 6.92 Å². The third-order valence-electron chi connectivity index (χ3n) is 2.93. The van der Waals surface area contributed by atoms with Crippen molar-refractivity contribution in [3.63, 3.8) is 0 Å². The maximum Gasteiger partial charge on any atom is 0.170 e. The fourth-order valence-corrected chi connectivity index (χ4v) is 2.28. The van der Waals surface area contributed by atoms with Gasteiger partial charge >= 0.3 is 0 Å². The van der Waals surface area contributed by atoms with E-state index in [0.29, 0.717) is 28.0 Å². The SMILES string of the molecule is Cc1ccc(COc2ccc(/C(N)=N/O)cc2Cl)c(Cl)c1. The zero-order valence-electron chi connectivity index (χ0n) is 11.3. The van der Waals surface area contributed by atoms with Gasteiger partial charge in [0.2, 0.25) is 0 Å². The number of amidine groups is 1. The Balaban J connectivity index is 2.13. The number of oxime groups is 1. The summed E-state index contributed by atoms with van der Waals surface area (Å²) in [6.07, 6.45) is 0. The number of hydrogen-bond donors (Lipinski definition) is 2. The van der Waals surface area contributed by atoms with Gasteiger partial charge in [0.1, 0.15) is 12.4 Å². The Hall–Kier alpha value is -1.91. The molecule has 0 heterocycles. The molecule has 2 aromatic carbocycles. The van der Waals surface area contributed by atoms with Crippen LogP contribution in [0.1, 0.15) is 16.7 Å². The third-order valence-corrected chi connectivity index (χ3v) is 3.57. The second-order valence-electron chi connectivity index (χ2n) is 4.51. The van der Waals surface area contributed by atoms with Crippen LogP contribution < -0.4 is 10.5 Å². The maximum atomic E-state index is 8.63. The lowest BCUT2D eigenvalue weighted by Gasteiger charge is -2.10. The van der Waals surface area contributed by atoms with Gasteiger partial charge in [-0.15, -0.1) is 0 Å². The molecule has 0 aromatic heterocycles. The zero-order valence-corrected chi connectivity index (χ0v) is 12.8. The van der Waals surface area contributed by atoms with Gasteiger partial charge in [-0.2, -0.15) is 0 Å². The minimum absolute atomic E-state index is 0.00923. The molecule has 0 bridgehead atoms. The molecule has 0 radical (unpaired) electrons. The van der Waals surface area contributed by atoms with E-state index in [1.807, 2.05) is 25.1 Å². The fraction of sp³-hybridized carbons (Fsp3) is 0.133. The zero-order chi connectivity index (χ0) is 15.4. The van der Waals surface area contributed by atoms with Gasteiger partial charge in [-0.05, 0) is 36.8 Å².